The average molecular weight is 526 g/mol. The van der Waals surface area contributed by atoms with Crippen LogP contribution in [0.5, 0.6) is 17.2 Å². The minimum Gasteiger partial charge on any atom is -0.491 e. The van der Waals surface area contributed by atoms with Gasteiger partial charge >= 0.3 is 7.60 Å². The highest BCUT2D eigenvalue weighted by atomic mass is 35.5. The van der Waals surface area contributed by atoms with Crippen LogP contribution in [-0.2, 0) is 4.57 Å². The second kappa shape index (κ2) is 10.8. The predicted octanol–water partition coefficient (Wildman–Crippen LogP) is 4.89. The maximum absolute atomic E-state index is 12.9. The number of amides is 1. The van der Waals surface area contributed by atoms with E-state index >= 15 is 0 Å². The minimum atomic E-state index is -4.44. The Kier molecular flexibility index (Phi) is 8.22. The number of anilines is 2. The molecule has 9 nitrogen and oxygen atoms in total. The molecule has 0 bridgehead atoms. The molecule has 0 aliphatic carbocycles. The van der Waals surface area contributed by atoms with Crippen LogP contribution in [0.25, 0.3) is 0 Å². The van der Waals surface area contributed by atoms with E-state index in [1.165, 1.54) is 24.4 Å². The van der Waals surface area contributed by atoms with Gasteiger partial charge in [0.05, 0.1) is 23.3 Å². The van der Waals surface area contributed by atoms with Crippen LogP contribution in [0.3, 0.4) is 0 Å². The van der Waals surface area contributed by atoms with Gasteiger partial charge in [-0.2, -0.15) is 0 Å². The maximum atomic E-state index is 12.9. The number of nitrogens with zero attached hydrogens (tertiary/aromatic N) is 2. The molecule has 3 N–H and O–H groups in total. The van der Waals surface area contributed by atoms with Gasteiger partial charge in [-0.25, -0.2) is 4.98 Å². The van der Waals surface area contributed by atoms with Crippen molar-refractivity contribution >= 4 is 52.6 Å². The van der Waals surface area contributed by atoms with E-state index in [2.05, 4.69) is 10.3 Å². The molecule has 0 saturated heterocycles. The Hall–Kier alpha value is -2.62. The maximum Gasteiger partial charge on any atom is 0.356 e. The van der Waals surface area contributed by atoms with Crippen LogP contribution in [0.4, 0.5) is 10.8 Å². The van der Waals surface area contributed by atoms with Crippen LogP contribution in [0.2, 0.25) is 4.34 Å². The number of rotatable bonds is 9. The molecule has 0 spiro atoms. The van der Waals surface area contributed by atoms with Crippen molar-refractivity contribution in [3.63, 3.8) is 0 Å². The molecule has 1 amide bonds. The van der Waals surface area contributed by atoms with Crippen molar-refractivity contribution in [2.45, 2.75) is 26.4 Å². The monoisotopic (exact) mass is 525 g/mol. The molecule has 0 fully saturated rings. The Morgan fingerprint density at radius 2 is 1.94 bits per heavy atom. The summed E-state index contributed by atoms with van der Waals surface area (Å²) in [4.78, 5) is 37.6. The topological polar surface area (TPSA) is 121 Å². The number of carbonyl (C=O) groups is 1. The third-order valence-corrected chi connectivity index (χ3v) is 6.72. The van der Waals surface area contributed by atoms with Crippen molar-refractivity contribution in [1.82, 2.24) is 4.98 Å². The molecule has 1 heterocycles. The molecule has 1 unspecified atom stereocenters. The molecule has 1 aromatic heterocycles. The third kappa shape index (κ3) is 6.71. The van der Waals surface area contributed by atoms with Crippen molar-refractivity contribution in [3.05, 3.63) is 52.5 Å². The standard InChI is InChI=1S/C22H25ClN3O6PS/c1-5-13(2)31-15-8-14(21(27)25-22-24-12-20(23)34-22)9-16(10-15)32-19-7-6-17(33(28,29)30)11-18(19)26(3)4/h6-13H,5H2,1-4H3,(H,24,25,27)(H2,28,29,30). The van der Waals surface area contributed by atoms with E-state index in [1.54, 1.807) is 37.2 Å². The molecule has 1 atom stereocenters. The van der Waals surface area contributed by atoms with Crippen LogP contribution in [-0.4, -0.2) is 40.9 Å². The summed E-state index contributed by atoms with van der Waals surface area (Å²) in [5.74, 6) is 0.679. The van der Waals surface area contributed by atoms with Crippen LogP contribution in [0, 0.1) is 0 Å². The van der Waals surface area contributed by atoms with Gasteiger partial charge in [0.15, 0.2) is 10.9 Å². The molecule has 0 saturated carbocycles. The Balaban J connectivity index is 1.98. The lowest BCUT2D eigenvalue weighted by Gasteiger charge is -2.20. The molecule has 34 heavy (non-hydrogen) atoms. The van der Waals surface area contributed by atoms with Crippen LogP contribution < -0.4 is 25.0 Å². The number of halogens is 1. The summed E-state index contributed by atoms with van der Waals surface area (Å²) in [5, 5.41) is 2.93. The number of carbonyl (C=O) groups excluding carboxylic acids is 1. The normalized spacial score (nSPS) is 12.2. The predicted molar refractivity (Wildman–Crippen MR) is 134 cm³/mol. The molecule has 0 aliphatic rings. The van der Waals surface area contributed by atoms with Crippen molar-refractivity contribution in [2.75, 3.05) is 24.3 Å². The van der Waals surface area contributed by atoms with Crippen molar-refractivity contribution in [1.29, 1.82) is 0 Å². The fourth-order valence-corrected chi connectivity index (χ4v) is 4.24. The number of ether oxygens (including phenoxy) is 2. The van der Waals surface area contributed by atoms with E-state index in [-0.39, 0.29) is 17.0 Å². The summed E-state index contributed by atoms with van der Waals surface area (Å²) in [5.41, 5.74) is 0.734. The molecular weight excluding hydrogens is 501 g/mol. The summed E-state index contributed by atoms with van der Waals surface area (Å²) >= 11 is 7.03. The zero-order chi connectivity index (χ0) is 25.0. The first kappa shape index (κ1) is 26.0. The Morgan fingerprint density at radius 1 is 1.24 bits per heavy atom. The van der Waals surface area contributed by atoms with Crippen molar-refractivity contribution in [3.8, 4) is 17.2 Å². The van der Waals surface area contributed by atoms with E-state index in [0.717, 1.165) is 17.8 Å². The van der Waals surface area contributed by atoms with E-state index in [4.69, 9.17) is 21.1 Å². The summed E-state index contributed by atoms with van der Waals surface area (Å²) in [6, 6.07) is 8.96. The lowest BCUT2D eigenvalue weighted by atomic mass is 10.1. The fraction of sp³-hybridized carbons (Fsp3) is 0.273. The van der Waals surface area contributed by atoms with E-state index in [0.29, 0.717) is 32.4 Å². The highest BCUT2D eigenvalue weighted by molar-refractivity contribution is 7.60. The first-order chi connectivity index (χ1) is 16.0. The summed E-state index contributed by atoms with van der Waals surface area (Å²) in [7, 11) is -0.980. The quantitative estimate of drug-likeness (QED) is 0.338. The fourth-order valence-electron chi connectivity index (χ4n) is 2.88. The van der Waals surface area contributed by atoms with Gasteiger partial charge in [-0.05, 0) is 43.7 Å². The summed E-state index contributed by atoms with van der Waals surface area (Å²) in [6.45, 7) is 3.90. The Morgan fingerprint density at radius 3 is 2.53 bits per heavy atom. The number of hydrogen-bond acceptors (Lipinski definition) is 7. The van der Waals surface area contributed by atoms with Gasteiger partial charge in [0.1, 0.15) is 15.8 Å². The smallest absolute Gasteiger partial charge is 0.356 e. The SMILES string of the molecule is CCC(C)Oc1cc(Oc2ccc(P(=O)(O)O)cc2N(C)C)cc(C(=O)Nc2ncc(Cl)s2)c1. The lowest BCUT2D eigenvalue weighted by Crippen LogP contribution is -2.15. The van der Waals surface area contributed by atoms with Gasteiger partial charge in [-0.15, -0.1) is 0 Å². The Bertz CT molecular complexity index is 1230. The first-order valence-electron chi connectivity index (χ1n) is 10.3. The largest absolute Gasteiger partial charge is 0.491 e. The summed E-state index contributed by atoms with van der Waals surface area (Å²) in [6.07, 6.45) is 2.12. The number of hydrogen-bond donors (Lipinski definition) is 3. The highest BCUT2D eigenvalue weighted by Gasteiger charge is 2.21. The van der Waals surface area contributed by atoms with Gasteiger partial charge in [0.25, 0.3) is 5.91 Å². The zero-order valence-corrected chi connectivity index (χ0v) is 21.4. The molecule has 3 rings (SSSR count). The van der Waals surface area contributed by atoms with E-state index < -0.39 is 13.5 Å². The molecule has 2 aromatic carbocycles. The lowest BCUT2D eigenvalue weighted by molar-refractivity contribution is 0.102. The molecule has 182 valence electrons. The molecule has 0 radical (unpaired) electrons. The van der Waals surface area contributed by atoms with E-state index in [9.17, 15) is 19.1 Å². The molecule has 3 aromatic rings. The third-order valence-electron chi connectivity index (χ3n) is 4.74. The number of nitrogens with one attached hydrogen (secondary N) is 1. The molecular formula is C22H25ClN3O6PS. The second-order valence-corrected chi connectivity index (χ2v) is 10.9. The first-order valence-corrected chi connectivity index (χ1v) is 13.1. The van der Waals surface area contributed by atoms with E-state index in [1.807, 2.05) is 13.8 Å². The number of benzene rings is 2. The van der Waals surface area contributed by atoms with Gasteiger partial charge < -0.3 is 24.2 Å². The zero-order valence-electron chi connectivity index (χ0n) is 19.0. The van der Waals surface area contributed by atoms with Crippen LogP contribution >= 0.6 is 30.5 Å². The Labute approximate surface area is 206 Å². The van der Waals surface area contributed by atoms with Crippen LogP contribution in [0.15, 0.2) is 42.6 Å². The van der Waals surface area contributed by atoms with Gasteiger partial charge in [-0.1, -0.05) is 29.9 Å². The number of thiazole rings is 1. The van der Waals surface area contributed by atoms with Crippen molar-refractivity contribution in [2.24, 2.45) is 0 Å². The van der Waals surface area contributed by atoms with Gasteiger partial charge in [0, 0.05) is 25.7 Å². The van der Waals surface area contributed by atoms with Gasteiger partial charge in [0.2, 0.25) is 0 Å². The molecule has 12 heteroatoms. The number of aromatic nitrogens is 1. The van der Waals surface area contributed by atoms with Crippen molar-refractivity contribution < 1.29 is 28.6 Å². The van der Waals surface area contributed by atoms with Crippen LogP contribution in [0.1, 0.15) is 30.6 Å². The summed E-state index contributed by atoms with van der Waals surface area (Å²) < 4.78 is 24.1. The minimum absolute atomic E-state index is 0.0937. The highest BCUT2D eigenvalue weighted by Crippen LogP contribution is 2.39. The average Bonchev–Trinajstić information content (AvgIpc) is 3.17. The second-order valence-electron chi connectivity index (χ2n) is 7.65. The van der Waals surface area contributed by atoms with Gasteiger partial charge in [-0.3, -0.25) is 14.7 Å². The molecule has 0 aliphatic heterocycles.